The first-order valence-corrected chi connectivity index (χ1v) is 8.35. The predicted octanol–water partition coefficient (Wildman–Crippen LogP) is 4.27. The molecular formula is C16H23NO2S. The fraction of sp³-hybridized carbons (Fsp3) is 0.562. The van der Waals surface area contributed by atoms with Crippen LogP contribution in [0.2, 0.25) is 0 Å². The molecule has 1 aromatic carbocycles. The number of carbonyl (C=O) groups is 1. The van der Waals surface area contributed by atoms with E-state index >= 15 is 0 Å². The molecule has 110 valence electrons. The predicted molar refractivity (Wildman–Crippen MR) is 85.1 cm³/mol. The number of carboxylic acids is 1. The SMILES string of the molecule is CCSc1cccc(N(C)C2CCCCC2)c1C(=O)O. The van der Waals surface area contributed by atoms with E-state index in [1.807, 2.05) is 32.2 Å². The van der Waals surface area contributed by atoms with Gasteiger partial charge in [0.1, 0.15) is 0 Å². The molecule has 0 saturated heterocycles. The van der Waals surface area contributed by atoms with E-state index in [2.05, 4.69) is 4.90 Å². The minimum atomic E-state index is -0.820. The van der Waals surface area contributed by atoms with Gasteiger partial charge in [0.25, 0.3) is 0 Å². The first kappa shape index (κ1) is 15.2. The molecule has 0 heterocycles. The van der Waals surface area contributed by atoms with Crippen LogP contribution in [0, 0.1) is 0 Å². The third-order valence-corrected chi connectivity index (χ3v) is 4.96. The summed E-state index contributed by atoms with van der Waals surface area (Å²) in [6.45, 7) is 2.05. The van der Waals surface area contributed by atoms with Crippen molar-refractivity contribution in [3.8, 4) is 0 Å². The minimum absolute atomic E-state index is 0.465. The van der Waals surface area contributed by atoms with E-state index in [4.69, 9.17) is 0 Å². The largest absolute Gasteiger partial charge is 0.478 e. The molecule has 3 nitrogen and oxygen atoms in total. The summed E-state index contributed by atoms with van der Waals surface area (Å²) in [5.74, 6) is 0.0656. The Morgan fingerprint density at radius 3 is 2.65 bits per heavy atom. The highest BCUT2D eigenvalue weighted by molar-refractivity contribution is 7.99. The van der Waals surface area contributed by atoms with Crippen molar-refractivity contribution in [2.24, 2.45) is 0 Å². The normalized spacial score (nSPS) is 16.1. The van der Waals surface area contributed by atoms with Gasteiger partial charge in [-0.05, 0) is 30.7 Å². The molecule has 0 aliphatic heterocycles. The summed E-state index contributed by atoms with van der Waals surface area (Å²) in [7, 11) is 2.04. The van der Waals surface area contributed by atoms with E-state index in [9.17, 15) is 9.90 Å². The Balaban J connectivity index is 2.33. The molecule has 0 amide bonds. The van der Waals surface area contributed by atoms with Crippen LogP contribution in [0.3, 0.4) is 0 Å². The second-order valence-corrected chi connectivity index (χ2v) is 6.60. The van der Waals surface area contributed by atoms with E-state index in [0.29, 0.717) is 11.6 Å². The fourth-order valence-electron chi connectivity index (χ4n) is 2.97. The van der Waals surface area contributed by atoms with Crippen molar-refractivity contribution in [2.45, 2.75) is 50.0 Å². The first-order chi connectivity index (χ1) is 9.65. The Kier molecular flexibility index (Phi) is 5.35. The van der Waals surface area contributed by atoms with Crippen LogP contribution in [0.5, 0.6) is 0 Å². The third-order valence-electron chi connectivity index (χ3n) is 4.02. The molecule has 2 rings (SSSR count). The van der Waals surface area contributed by atoms with Gasteiger partial charge in [-0.3, -0.25) is 0 Å². The van der Waals surface area contributed by atoms with Crippen LogP contribution in [-0.2, 0) is 0 Å². The maximum Gasteiger partial charge on any atom is 0.338 e. The molecule has 4 heteroatoms. The van der Waals surface area contributed by atoms with Crippen molar-refractivity contribution in [1.82, 2.24) is 0 Å². The number of carboxylic acid groups (broad SMARTS) is 1. The van der Waals surface area contributed by atoms with Crippen LogP contribution < -0.4 is 4.90 Å². The zero-order chi connectivity index (χ0) is 14.5. The summed E-state index contributed by atoms with van der Waals surface area (Å²) in [5.41, 5.74) is 1.33. The first-order valence-electron chi connectivity index (χ1n) is 7.37. The number of nitrogens with zero attached hydrogens (tertiary/aromatic N) is 1. The summed E-state index contributed by atoms with van der Waals surface area (Å²) < 4.78 is 0. The molecule has 1 N–H and O–H groups in total. The monoisotopic (exact) mass is 293 g/mol. The van der Waals surface area contributed by atoms with E-state index in [1.54, 1.807) is 11.8 Å². The average Bonchev–Trinajstić information content (AvgIpc) is 2.47. The molecule has 0 bridgehead atoms. The molecule has 0 atom stereocenters. The third kappa shape index (κ3) is 3.29. The number of thioether (sulfide) groups is 1. The summed E-state index contributed by atoms with van der Waals surface area (Å²) in [4.78, 5) is 14.7. The van der Waals surface area contributed by atoms with E-state index in [0.717, 1.165) is 16.3 Å². The number of aromatic carboxylic acids is 1. The molecule has 0 unspecified atom stereocenters. The van der Waals surface area contributed by atoms with E-state index in [-0.39, 0.29) is 0 Å². The Hall–Kier alpha value is -1.16. The molecule has 1 aliphatic carbocycles. The molecule has 1 saturated carbocycles. The van der Waals surface area contributed by atoms with Gasteiger partial charge >= 0.3 is 5.97 Å². The van der Waals surface area contributed by atoms with Gasteiger partial charge in [-0.2, -0.15) is 0 Å². The summed E-state index contributed by atoms with van der Waals surface area (Å²) >= 11 is 1.60. The lowest BCUT2D eigenvalue weighted by Gasteiger charge is -2.34. The van der Waals surface area contributed by atoms with Crippen LogP contribution in [0.4, 0.5) is 5.69 Å². The second-order valence-electron chi connectivity index (χ2n) is 5.29. The lowest BCUT2D eigenvalue weighted by atomic mass is 9.94. The van der Waals surface area contributed by atoms with Gasteiger partial charge < -0.3 is 10.0 Å². The highest BCUT2D eigenvalue weighted by Crippen LogP contribution is 2.33. The van der Waals surface area contributed by atoms with Gasteiger partial charge in [-0.1, -0.05) is 32.3 Å². The van der Waals surface area contributed by atoms with Crippen molar-refractivity contribution in [3.63, 3.8) is 0 Å². The minimum Gasteiger partial charge on any atom is -0.478 e. The van der Waals surface area contributed by atoms with Crippen LogP contribution in [-0.4, -0.2) is 29.9 Å². The second kappa shape index (κ2) is 7.02. The van der Waals surface area contributed by atoms with Gasteiger partial charge in [0, 0.05) is 18.0 Å². The fourth-order valence-corrected chi connectivity index (χ4v) is 3.79. The van der Waals surface area contributed by atoms with Crippen LogP contribution in [0.25, 0.3) is 0 Å². The summed E-state index contributed by atoms with van der Waals surface area (Å²) in [5, 5.41) is 9.58. The number of hydrogen-bond donors (Lipinski definition) is 1. The van der Waals surface area contributed by atoms with Crippen LogP contribution >= 0.6 is 11.8 Å². The van der Waals surface area contributed by atoms with Crippen LogP contribution in [0.15, 0.2) is 23.1 Å². The topological polar surface area (TPSA) is 40.5 Å². The van der Waals surface area contributed by atoms with E-state index in [1.165, 1.54) is 32.1 Å². The van der Waals surface area contributed by atoms with Gasteiger partial charge in [-0.25, -0.2) is 4.79 Å². The zero-order valence-electron chi connectivity index (χ0n) is 12.3. The highest BCUT2D eigenvalue weighted by Gasteiger charge is 2.24. The molecule has 1 fully saturated rings. The van der Waals surface area contributed by atoms with Gasteiger partial charge in [0.2, 0.25) is 0 Å². The number of benzene rings is 1. The standard InChI is InChI=1S/C16H23NO2S/c1-3-20-14-11-7-10-13(15(14)16(18)19)17(2)12-8-5-4-6-9-12/h7,10-12H,3-6,8-9H2,1-2H3,(H,18,19). The Bertz CT molecular complexity index is 470. The van der Waals surface area contributed by atoms with Crippen molar-refractivity contribution in [1.29, 1.82) is 0 Å². The molecule has 1 aromatic rings. The Morgan fingerprint density at radius 1 is 1.35 bits per heavy atom. The smallest absolute Gasteiger partial charge is 0.338 e. The summed E-state index contributed by atoms with van der Waals surface area (Å²) in [6, 6.07) is 6.30. The van der Waals surface area contributed by atoms with Gasteiger partial charge in [0.15, 0.2) is 0 Å². The molecule has 1 aliphatic rings. The zero-order valence-corrected chi connectivity index (χ0v) is 13.1. The van der Waals surface area contributed by atoms with Crippen molar-refractivity contribution < 1.29 is 9.90 Å². The maximum atomic E-state index is 11.7. The lowest BCUT2D eigenvalue weighted by Crippen LogP contribution is -2.34. The number of anilines is 1. The Labute approximate surface area is 125 Å². The number of rotatable bonds is 5. The average molecular weight is 293 g/mol. The van der Waals surface area contributed by atoms with Crippen molar-refractivity contribution >= 4 is 23.4 Å². The summed E-state index contributed by atoms with van der Waals surface area (Å²) in [6.07, 6.45) is 6.14. The van der Waals surface area contributed by atoms with Crippen LogP contribution in [0.1, 0.15) is 49.4 Å². The quantitative estimate of drug-likeness (QED) is 0.823. The van der Waals surface area contributed by atoms with Gasteiger partial charge in [-0.15, -0.1) is 11.8 Å². The van der Waals surface area contributed by atoms with Gasteiger partial charge in [0.05, 0.1) is 11.3 Å². The van der Waals surface area contributed by atoms with Crippen molar-refractivity contribution in [3.05, 3.63) is 23.8 Å². The van der Waals surface area contributed by atoms with E-state index < -0.39 is 5.97 Å². The molecule has 0 aromatic heterocycles. The Morgan fingerprint density at radius 2 is 2.05 bits per heavy atom. The highest BCUT2D eigenvalue weighted by atomic mass is 32.2. The molecular weight excluding hydrogens is 270 g/mol. The molecule has 20 heavy (non-hydrogen) atoms. The maximum absolute atomic E-state index is 11.7. The molecule has 0 radical (unpaired) electrons. The number of hydrogen-bond acceptors (Lipinski definition) is 3. The molecule has 0 spiro atoms. The van der Waals surface area contributed by atoms with Crippen molar-refractivity contribution in [2.75, 3.05) is 17.7 Å². The lowest BCUT2D eigenvalue weighted by molar-refractivity contribution is 0.0693.